The van der Waals surface area contributed by atoms with E-state index in [1.807, 2.05) is 6.07 Å². The lowest BCUT2D eigenvalue weighted by Crippen LogP contribution is -2.07. The van der Waals surface area contributed by atoms with E-state index in [-0.39, 0.29) is 12.2 Å². The quantitative estimate of drug-likeness (QED) is 0.742. The largest absolute Gasteiger partial charge is 0.462 e. The van der Waals surface area contributed by atoms with Crippen LogP contribution in [0.15, 0.2) is 18.2 Å². The molecule has 0 heterocycles. The summed E-state index contributed by atoms with van der Waals surface area (Å²) in [7, 11) is 0. The smallest absolute Gasteiger partial charge is 0.338 e. The molecular weight excluding hydrogens is 218 g/mol. The molecule has 0 unspecified atom stereocenters. The molecule has 17 heavy (non-hydrogen) atoms. The maximum absolute atomic E-state index is 11.5. The number of hydrogen-bond donors (Lipinski definition) is 0. The summed E-state index contributed by atoms with van der Waals surface area (Å²) in [6.07, 6.45) is 0.149. The van der Waals surface area contributed by atoms with Crippen LogP contribution in [0.4, 0.5) is 0 Å². The third kappa shape index (κ3) is 3.42. The second kappa shape index (κ2) is 5.80. The number of ketones is 1. The van der Waals surface area contributed by atoms with Crippen LogP contribution in [0.1, 0.15) is 35.3 Å². The average molecular weight is 231 g/mol. The fourth-order valence-electron chi connectivity index (χ4n) is 1.46. The molecule has 0 amide bonds. The topological polar surface area (TPSA) is 67.2 Å². The molecule has 4 heteroatoms. The molecule has 0 spiro atoms. The number of ether oxygens (including phenoxy) is 1. The van der Waals surface area contributed by atoms with Crippen LogP contribution in [0.3, 0.4) is 0 Å². The molecule has 0 N–H and O–H groups in total. The number of hydrogen-bond acceptors (Lipinski definition) is 4. The van der Waals surface area contributed by atoms with Gasteiger partial charge in [-0.3, -0.25) is 4.79 Å². The molecule has 0 saturated carbocycles. The Kier molecular flexibility index (Phi) is 4.41. The van der Waals surface area contributed by atoms with Crippen LogP contribution in [-0.4, -0.2) is 18.4 Å². The molecule has 88 valence electrons. The Morgan fingerprint density at radius 1 is 1.41 bits per heavy atom. The maximum atomic E-state index is 11.5. The maximum Gasteiger partial charge on any atom is 0.338 e. The Bertz CT molecular complexity index is 486. The molecular formula is C13H13NO3. The third-order valence-corrected chi connectivity index (χ3v) is 2.18. The second-order valence-corrected chi connectivity index (χ2v) is 3.58. The number of nitriles is 1. The SMILES string of the molecule is CCOC(=O)c1ccc(C#N)c(CC(C)=O)c1. The minimum absolute atomic E-state index is 0.0532. The highest BCUT2D eigenvalue weighted by atomic mass is 16.5. The van der Waals surface area contributed by atoms with Gasteiger partial charge in [0, 0.05) is 6.42 Å². The van der Waals surface area contributed by atoms with Crippen molar-refractivity contribution in [2.45, 2.75) is 20.3 Å². The van der Waals surface area contributed by atoms with E-state index < -0.39 is 5.97 Å². The number of benzene rings is 1. The average Bonchev–Trinajstić information content (AvgIpc) is 2.28. The van der Waals surface area contributed by atoms with E-state index in [4.69, 9.17) is 10.00 Å². The molecule has 1 aromatic carbocycles. The Morgan fingerprint density at radius 3 is 2.65 bits per heavy atom. The Morgan fingerprint density at radius 2 is 2.12 bits per heavy atom. The molecule has 0 saturated heterocycles. The van der Waals surface area contributed by atoms with Crippen molar-refractivity contribution in [3.63, 3.8) is 0 Å². The predicted molar refractivity (Wildman–Crippen MR) is 61.5 cm³/mol. The predicted octanol–water partition coefficient (Wildman–Crippen LogP) is 1.87. The van der Waals surface area contributed by atoms with Crippen molar-refractivity contribution < 1.29 is 14.3 Å². The van der Waals surface area contributed by atoms with Crippen molar-refractivity contribution in [3.8, 4) is 6.07 Å². The van der Waals surface area contributed by atoms with Gasteiger partial charge in [-0.2, -0.15) is 5.26 Å². The molecule has 0 radical (unpaired) electrons. The van der Waals surface area contributed by atoms with E-state index in [1.165, 1.54) is 25.1 Å². The fourth-order valence-corrected chi connectivity index (χ4v) is 1.46. The van der Waals surface area contributed by atoms with Crippen LogP contribution < -0.4 is 0 Å². The van der Waals surface area contributed by atoms with Gasteiger partial charge >= 0.3 is 5.97 Å². The minimum atomic E-state index is -0.443. The standard InChI is InChI=1S/C13H13NO3/c1-3-17-13(16)10-4-5-11(8-14)12(7-10)6-9(2)15/h4-5,7H,3,6H2,1-2H3. The van der Waals surface area contributed by atoms with Crippen LogP contribution in [0.5, 0.6) is 0 Å². The first-order chi connectivity index (χ1) is 8.08. The van der Waals surface area contributed by atoms with E-state index in [2.05, 4.69) is 0 Å². The summed E-state index contributed by atoms with van der Waals surface area (Å²) in [6, 6.07) is 6.59. The Balaban J connectivity index is 3.09. The summed E-state index contributed by atoms with van der Waals surface area (Å²) >= 11 is 0. The van der Waals surface area contributed by atoms with Crippen LogP contribution in [0.2, 0.25) is 0 Å². The Labute approximate surface area is 99.8 Å². The monoisotopic (exact) mass is 231 g/mol. The zero-order valence-electron chi connectivity index (χ0n) is 9.82. The van der Waals surface area contributed by atoms with Gasteiger partial charge < -0.3 is 4.74 Å². The molecule has 0 fully saturated rings. The molecule has 0 aromatic heterocycles. The highest BCUT2D eigenvalue weighted by molar-refractivity contribution is 5.90. The van der Waals surface area contributed by atoms with Crippen molar-refractivity contribution in [2.75, 3.05) is 6.61 Å². The normalized spacial score (nSPS) is 9.47. The van der Waals surface area contributed by atoms with Gasteiger partial charge in [-0.25, -0.2) is 4.79 Å². The van der Waals surface area contributed by atoms with E-state index >= 15 is 0 Å². The molecule has 4 nitrogen and oxygen atoms in total. The summed E-state index contributed by atoms with van der Waals surface area (Å²) in [6.45, 7) is 3.46. The van der Waals surface area contributed by atoms with Gasteiger partial charge in [-0.05, 0) is 37.6 Å². The van der Waals surface area contributed by atoms with Crippen LogP contribution in [0, 0.1) is 11.3 Å². The summed E-state index contributed by atoms with van der Waals surface area (Å²) in [4.78, 5) is 22.6. The van der Waals surface area contributed by atoms with Crippen LogP contribution in [-0.2, 0) is 16.0 Å². The van der Waals surface area contributed by atoms with Crippen molar-refractivity contribution >= 4 is 11.8 Å². The van der Waals surface area contributed by atoms with Crippen molar-refractivity contribution in [1.82, 2.24) is 0 Å². The minimum Gasteiger partial charge on any atom is -0.462 e. The molecule has 1 rings (SSSR count). The highest BCUT2D eigenvalue weighted by Gasteiger charge is 2.11. The number of nitrogens with zero attached hydrogens (tertiary/aromatic N) is 1. The molecule has 0 aliphatic rings. The molecule has 0 atom stereocenters. The number of rotatable bonds is 4. The number of Topliss-reactive ketones (excluding diaryl/α,β-unsaturated/α-hetero) is 1. The lowest BCUT2D eigenvalue weighted by atomic mass is 10.0. The summed E-state index contributed by atoms with van der Waals surface area (Å²) < 4.78 is 4.85. The first-order valence-electron chi connectivity index (χ1n) is 5.28. The van der Waals surface area contributed by atoms with Crippen molar-refractivity contribution in [1.29, 1.82) is 5.26 Å². The van der Waals surface area contributed by atoms with Gasteiger partial charge in [0.05, 0.1) is 23.8 Å². The van der Waals surface area contributed by atoms with Gasteiger partial charge in [0.2, 0.25) is 0 Å². The lowest BCUT2D eigenvalue weighted by molar-refractivity contribution is -0.116. The van der Waals surface area contributed by atoms with E-state index in [1.54, 1.807) is 6.92 Å². The van der Waals surface area contributed by atoms with Crippen molar-refractivity contribution in [2.24, 2.45) is 0 Å². The summed E-state index contributed by atoms with van der Waals surface area (Å²) in [5.74, 6) is -0.496. The van der Waals surface area contributed by atoms with Crippen molar-refractivity contribution in [3.05, 3.63) is 34.9 Å². The van der Waals surface area contributed by atoms with Gasteiger partial charge in [-0.15, -0.1) is 0 Å². The number of esters is 1. The third-order valence-electron chi connectivity index (χ3n) is 2.18. The van der Waals surface area contributed by atoms with Crippen LogP contribution >= 0.6 is 0 Å². The van der Waals surface area contributed by atoms with Gasteiger partial charge in [0.15, 0.2) is 0 Å². The van der Waals surface area contributed by atoms with Gasteiger partial charge in [0.1, 0.15) is 5.78 Å². The number of carbonyl (C=O) groups is 2. The first kappa shape index (κ1) is 12.9. The van der Waals surface area contributed by atoms with Crippen LogP contribution in [0.25, 0.3) is 0 Å². The molecule has 0 aliphatic heterocycles. The highest BCUT2D eigenvalue weighted by Crippen LogP contribution is 2.13. The van der Waals surface area contributed by atoms with E-state index in [0.717, 1.165) is 0 Å². The Hall–Kier alpha value is -2.15. The summed E-state index contributed by atoms with van der Waals surface area (Å²) in [5.41, 5.74) is 1.33. The zero-order chi connectivity index (χ0) is 12.8. The lowest BCUT2D eigenvalue weighted by Gasteiger charge is -2.05. The van der Waals surface area contributed by atoms with E-state index in [0.29, 0.717) is 23.3 Å². The first-order valence-corrected chi connectivity index (χ1v) is 5.28. The molecule has 0 aliphatic carbocycles. The molecule has 1 aromatic rings. The summed E-state index contributed by atoms with van der Waals surface area (Å²) in [5, 5.41) is 8.89. The fraction of sp³-hybridized carbons (Fsp3) is 0.308. The van der Waals surface area contributed by atoms with E-state index in [9.17, 15) is 9.59 Å². The molecule has 0 bridgehead atoms. The number of carbonyl (C=O) groups excluding carboxylic acids is 2. The van der Waals surface area contributed by atoms with Gasteiger partial charge in [-0.1, -0.05) is 0 Å². The zero-order valence-corrected chi connectivity index (χ0v) is 9.82. The van der Waals surface area contributed by atoms with Gasteiger partial charge in [0.25, 0.3) is 0 Å². The second-order valence-electron chi connectivity index (χ2n) is 3.58.